The summed E-state index contributed by atoms with van der Waals surface area (Å²) in [6, 6.07) is 5.06. The molecule has 8 heteroatoms. The number of phenolic OH excluding ortho intramolecular Hbond substituents is 1. The molecule has 28 heavy (non-hydrogen) atoms. The van der Waals surface area contributed by atoms with Crippen LogP contribution in [0.15, 0.2) is 29.5 Å². The molecule has 1 aromatic heterocycles. The number of hydrogen-bond donors (Lipinski definition) is 4. The number of hydrogen-bond acceptors (Lipinski definition) is 7. The zero-order valence-corrected chi connectivity index (χ0v) is 16.7. The number of carbonyl (C=O) groups excluding carboxylic acids is 1. The lowest BCUT2D eigenvalue weighted by Gasteiger charge is -2.39. The Morgan fingerprint density at radius 1 is 1.36 bits per heavy atom. The van der Waals surface area contributed by atoms with Crippen LogP contribution in [0.3, 0.4) is 0 Å². The first-order chi connectivity index (χ1) is 13.2. The minimum absolute atomic E-state index is 0.0317. The molecule has 7 nitrogen and oxygen atoms in total. The molecule has 2 aliphatic rings. The maximum Gasteiger partial charge on any atom is 0.200 e. The Balaban J connectivity index is 1.99. The van der Waals surface area contributed by atoms with E-state index >= 15 is 0 Å². The van der Waals surface area contributed by atoms with Crippen molar-refractivity contribution >= 4 is 29.6 Å². The summed E-state index contributed by atoms with van der Waals surface area (Å²) in [5.74, 6) is 0.932. The zero-order chi connectivity index (χ0) is 20.2. The third-order valence-corrected chi connectivity index (χ3v) is 5.50. The number of benzene rings is 1. The van der Waals surface area contributed by atoms with Crippen LogP contribution in [0.5, 0.6) is 11.5 Å². The Bertz CT molecular complexity index is 1090. The van der Waals surface area contributed by atoms with Gasteiger partial charge in [0.1, 0.15) is 11.6 Å². The van der Waals surface area contributed by atoms with Crippen LogP contribution >= 0.6 is 12.2 Å². The number of aromatic nitrogens is 2. The molecule has 0 saturated heterocycles. The first-order valence-electron chi connectivity index (χ1n) is 9.00. The number of nitrogen functional groups attached to an aromatic ring is 1. The summed E-state index contributed by atoms with van der Waals surface area (Å²) in [5.41, 5.74) is 9.11. The van der Waals surface area contributed by atoms with E-state index in [1.54, 1.807) is 18.2 Å². The predicted molar refractivity (Wildman–Crippen MR) is 109 cm³/mol. The average molecular weight is 398 g/mol. The number of methoxy groups -OCH3 is 1. The highest BCUT2D eigenvalue weighted by molar-refractivity contribution is 7.71. The van der Waals surface area contributed by atoms with Crippen LogP contribution in [0.25, 0.3) is 0 Å². The number of phenols is 1. The topological polar surface area (TPSA) is 113 Å². The van der Waals surface area contributed by atoms with Gasteiger partial charge in [-0.15, -0.1) is 0 Å². The summed E-state index contributed by atoms with van der Waals surface area (Å²) in [6.45, 7) is 4.15. The van der Waals surface area contributed by atoms with E-state index in [2.05, 4.69) is 29.1 Å². The minimum Gasteiger partial charge on any atom is -0.504 e. The second-order valence-electron chi connectivity index (χ2n) is 8.04. The first kappa shape index (κ1) is 18.5. The van der Waals surface area contributed by atoms with Gasteiger partial charge in [-0.05, 0) is 41.7 Å². The van der Waals surface area contributed by atoms with Gasteiger partial charge in [0, 0.05) is 29.2 Å². The molecule has 0 fully saturated rings. The van der Waals surface area contributed by atoms with Gasteiger partial charge >= 0.3 is 0 Å². The van der Waals surface area contributed by atoms with Crippen molar-refractivity contribution in [1.82, 2.24) is 9.97 Å². The van der Waals surface area contributed by atoms with Gasteiger partial charge in [0.05, 0.1) is 7.11 Å². The highest BCUT2D eigenvalue weighted by atomic mass is 32.1. The fourth-order valence-corrected chi connectivity index (χ4v) is 4.36. The van der Waals surface area contributed by atoms with Gasteiger partial charge in [0.15, 0.2) is 22.1 Å². The van der Waals surface area contributed by atoms with E-state index in [1.165, 1.54) is 7.11 Å². The molecule has 1 unspecified atom stereocenters. The molecular formula is C20H22N4O3S. The van der Waals surface area contributed by atoms with Crippen molar-refractivity contribution in [3.8, 4) is 11.5 Å². The van der Waals surface area contributed by atoms with Crippen LogP contribution in [0.4, 0.5) is 11.6 Å². The molecule has 2 aromatic rings. The largest absolute Gasteiger partial charge is 0.504 e. The van der Waals surface area contributed by atoms with Crippen molar-refractivity contribution in [2.45, 2.75) is 32.6 Å². The highest BCUT2D eigenvalue weighted by Gasteiger charge is 2.42. The molecule has 2 heterocycles. The van der Waals surface area contributed by atoms with Crippen LogP contribution in [-0.4, -0.2) is 28.0 Å². The van der Waals surface area contributed by atoms with E-state index in [0.717, 1.165) is 11.3 Å². The second kappa shape index (κ2) is 6.34. The molecule has 0 saturated carbocycles. The Morgan fingerprint density at radius 3 is 2.82 bits per heavy atom. The summed E-state index contributed by atoms with van der Waals surface area (Å²) in [4.78, 5) is 20.5. The van der Waals surface area contributed by atoms with Crippen LogP contribution in [-0.2, 0) is 4.79 Å². The summed E-state index contributed by atoms with van der Waals surface area (Å²) < 4.78 is 5.55. The molecule has 5 N–H and O–H groups in total. The van der Waals surface area contributed by atoms with E-state index in [1.807, 2.05) is 0 Å². The highest BCUT2D eigenvalue weighted by Crippen LogP contribution is 2.50. The Morgan fingerprint density at radius 2 is 2.11 bits per heavy atom. The van der Waals surface area contributed by atoms with Crippen molar-refractivity contribution in [3.63, 3.8) is 0 Å². The average Bonchev–Trinajstić information content (AvgIpc) is 2.59. The van der Waals surface area contributed by atoms with Gasteiger partial charge in [-0.1, -0.05) is 19.9 Å². The molecule has 0 amide bonds. The smallest absolute Gasteiger partial charge is 0.200 e. The number of ketones is 1. The monoisotopic (exact) mass is 398 g/mol. The maximum atomic E-state index is 13.2. The molecule has 4 rings (SSSR count). The summed E-state index contributed by atoms with van der Waals surface area (Å²) in [5, 5.41) is 13.3. The van der Waals surface area contributed by atoms with Crippen LogP contribution < -0.4 is 15.8 Å². The third-order valence-electron chi connectivity index (χ3n) is 5.30. The fourth-order valence-electron chi connectivity index (χ4n) is 4.16. The minimum atomic E-state index is -0.427. The van der Waals surface area contributed by atoms with Gasteiger partial charge in [-0.25, -0.2) is 4.98 Å². The summed E-state index contributed by atoms with van der Waals surface area (Å²) >= 11 is 5.19. The van der Waals surface area contributed by atoms with Gasteiger partial charge in [-0.3, -0.25) is 4.79 Å². The number of aromatic amines is 1. The Labute approximate surface area is 167 Å². The van der Waals surface area contributed by atoms with Gasteiger partial charge < -0.3 is 25.9 Å². The Kier molecular flexibility index (Phi) is 4.19. The summed E-state index contributed by atoms with van der Waals surface area (Å²) in [6.07, 6.45) is 1.16. The van der Waals surface area contributed by atoms with Crippen molar-refractivity contribution < 1.29 is 14.6 Å². The molecule has 0 radical (unpaired) electrons. The molecule has 0 spiro atoms. The lowest BCUT2D eigenvalue weighted by atomic mass is 9.69. The zero-order valence-electron chi connectivity index (χ0n) is 15.9. The van der Waals surface area contributed by atoms with Gasteiger partial charge in [0.2, 0.25) is 0 Å². The van der Waals surface area contributed by atoms with Crippen molar-refractivity contribution in [1.29, 1.82) is 0 Å². The van der Waals surface area contributed by atoms with E-state index in [4.69, 9.17) is 22.7 Å². The number of aromatic hydroxyl groups is 1. The molecule has 146 valence electrons. The number of H-pyrrole nitrogens is 1. The van der Waals surface area contributed by atoms with E-state index in [9.17, 15) is 9.90 Å². The predicted octanol–water partition coefficient (Wildman–Crippen LogP) is 3.64. The second-order valence-corrected chi connectivity index (χ2v) is 8.43. The number of rotatable bonds is 2. The van der Waals surface area contributed by atoms with Gasteiger partial charge in [0.25, 0.3) is 0 Å². The Hall–Kier alpha value is -2.87. The van der Waals surface area contributed by atoms with Crippen molar-refractivity contribution in [2.75, 3.05) is 18.2 Å². The van der Waals surface area contributed by atoms with E-state index in [-0.39, 0.29) is 21.7 Å². The standard InChI is InChI=1S/C20H22N4O3S/c1-20(2)7-10-15(12(26)8-20)14(9-4-5-11(25)13(6-9)27-3)16-17(21)23-19(28)24-18(16)22-10/h4-6,14,25H,7-8H2,1-3H3,(H4,21,22,23,24,28). The molecule has 1 aliphatic carbocycles. The number of Topliss-reactive ketones (excluding diaryl/α,β-unsaturated/α-hetero) is 1. The number of carbonyl (C=O) groups is 1. The van der Waals surface area contributed by atoms with Gasteiger partial charge in [-0.2, -0.15) is 0 Å². The normalized spacial score (nSPS) is 20.2. The summed E-state index contributed by atoms with van der Waals surface area (Å²) in [7, 11) is 1.49. The number of nitrogens with two attached hydrogens (primary N) is 1. The first-order valence-corrected chi connectivity index (χ1v) is 9.41. The lowest BCUT2D eigenvalue weighted by molar-refractivity contribution is -0.118. The maximum absolute atomic E-state index is 13.2. The molecule has 0 bridgehead atoms. The quantitative estimate of drug-likeness (QED) is 0.571. The number of allylic oxidation sites excluding steroid dienone is 2. The van der Waals surface area contributed by atoms with E-state index in [0.29, 0.717) is 41.4 Å². The molecule has 1 aromatic carbocycles. The molecule has 1 atom stereocenters. The third kappa shape index (κ3) is 2.93. The number of fused-ring (bicyclic) bond motifs is 1. The van der Waals surface area contributed by atoms with Crippen molar-refractivity contribution in [3.05, 3.63) is 45.4 Å². The number of nitrogens with zero attached hydrogens (tertiary/aromatic N) is 1. The molecular weight excluding hydrogens is 376 g/mol. The SMILES string of the molecule is COc1cc(C2C3=C(CC(C)(C)CC3=O)Nc3nc(=S)[nH]c(N)c32)ccc1O. The lowest BCUT2D eigenvalue weighted by Crippen LogP contribution is -2.34. The van der Waals surface area contributed by atoms with Crippen molar-refractivity contribution in [2.24, 2.45) is 5.41 Å². The number of anilines is 2. The van der Waals surface area contributed by atoms with E-state index < -0.39 is 5.92 Å². The fraction of sp³-hybridized carbons (Fsp3) is 0.350. The number of nitrogens with one attached hydrogen (secondary N) is 2. The number of ether oxygens (including phenoxy) is 1. The van der Waals surface area contributed by atoms with Crippen LogP contribution in [0.1, 0.15) is 43.7 Å². The van der Waals surface area contributed by atoms with Crippen LogP contribution in [0.2, 0.25) is 0 Å². The van der Waals surface area contributed by atoms with Crippen LogP contribution in [0, 0.1) is 10.2 Å². The molecule has 1 aliphatic heterocycles.